The lowest BCUT2D eigenvalue weighted by Crippen LogP contribution is -2.04. The molecule has 0 atom stereocenters. The number of nitrogens with zero attached hydrogens (tertiary/aromatic N) is 2. The first-order valence-corrected chi connectivity index (χ1v) is 5.59. The maximum atomic E-state index is 5.97. The van der Waals surface area contributed by atoms with Gasteiger partial charge in [0.05, 0.1) is 11.4 Å². The topological polar surface area (TPSA) is 43.8 Å². The molecule has 84 valence electrons. The average molecular weight is 236 g/mol. The molecule has 16 heavy (non-hydrogen) atoms. The van der Waals surface area contributed by atoms with E-state index in [4.69, 9.17) is 17.3 Å². The molecule has 2 rings (SSSR count). The van der Waals surface area contributed by atoms with E-state index < -0.39 is 0 Å². The van der Waals surface area contributed by atoms with Gasteiger partial charge in [0.15, 0.2) is 0 Å². The highest BCUT2D eigenvalue weighted by Crippen LogP contribution is 2.18. The number of halogens is 1. The van der Waals surface area contributed by atoms with E-state index in [2.05, 4.69) is 5.10 Å². The van der Waals surface area contributed by atoms with E-state index in [1.165, 1.54) is 0 Å². The van der Waals surface area contributed by atoms with Gasteiger partial charge in [-0.1, -0.05) is 17.7 Å². The Labute approximate surface area is 99.8 Å². The molecule has 0 saturated heterocycles. The van der Waals surface area contributed by atoms with Gasteiger partial charge in [-0.25, -0.2) is 4.68 Å². The van der Waals surface area contributed by atoms with Crippen molar-refractivity contribution in [3.05, 3.63) is 46.7 Å². The molecule has 0 bridgehead atoms. The predicted octanol–water partition coefficient (Wildman–Crippen LogP) is 2.34. The summed E-state index contributed by atoms with van der Waals surface area (Å²) >= 11 is 5.97. The normalized spacial score (nSPS) is 10.7. The summed E-state index contributed by atoms with van der Waals surface area (Å²) in [7, 11) is 0. The molecule has 1 aromatic heterocycles. The van der Waals surface area contributed by atoms with Gasteiger partial charge in [0.25, 0.3) is 0 Å². The van der Waals surface area contributed by atoms with Crippen LogP contribution in [-0.2, 0) is 6.42 Å². The summed E-state index contributed by atoms with van der Waals surface area (Å²) in [5, 5.41) is 5.17. The van der Waals surface area contributed by atoms with Gasteiger partial charge in [0.1, 0.15) is 0 Å². The van der Waals surface area contributed by atoms with Crippen molar-refractivity contribution in [1.82, 2.24) is 9.78 Å². The van der Waals surface area contributed by atoms with Gasteiger partial charge in [-0.05, 0) is 37.2 Å². The predicted molar refractivity (Wildman–Crippen MR) is 66.1 cm³/mol. The summed E-state index contributed by atoms with van der Waals surface area (Å²) < 4.78 is 1.84. The Kier molecular flexibility index (Phi) is 3.27. The van der Waals surface area contributed by atoms with Crippen molar-refractivity contribution in [2.75, 3.05) is 6.54 Å². The summed E-state index contributed by atoms with van der Waals surface area (Å²) in [4.78, 5) is 0. The zero-order chi connectivity index (χ0) is 11.5. The fraction of sp³-hybridized carbons (Fsp3) is 0.250. The third kappa shape index (κ3) is 2.26. The molecule has 0 unspecified atom stereocenters. The van der Waals surface area contributed by atoms with Gasteiger partial charge >= 0.3 is 0 Å². The monoisotopic (exact) mass is 235 g/mol. The molecule has 0 aliphatic carbocycles. The minimum absolute atomic E-state index is 0.617. The minimum Gasteiger partial charge on any atom is -0.330 e. The SMILES string of the molecule is Cc1ccc(Cl)cc1-n1ccc(CCN)n1. The summed E-state index contributed by atoms with van der Waals surface area (Å²) in [5.41, 5.74) is 8.65. The second-order valence-electron chi connectivity index (χ2n) is 3.72. The Hall–Kier alpha value is -1.32. The Bertz CT molecular complexity index is 491. The van der Waals surface area contributed by atoms with E-state index in [1.807, 2.05) is 42.1 Å². The van der Waals surface area contributed by atoms with Gasteiger partial charge < -0.3 is 5.73 Å². The van der Waals surface area contributed by atoms with Crippen LogP contribution in [0.3, 0.4) is 0 Å². The lowest BCUT2D eigenvalue weighted by atomic mass is 10.2. The highest BCUT2D eigenvalue weighted by atomic mass is 35.5. The van der Waals surface area contributed by atoms with Gasteiger partial charge in [0, 0.05) is 17.6 Å². The first-order valence-electron chi connectivity index (χ1n) is 5.22. The lowest BCUT2D eigenvalue weighted by Gasteiger charge is -2.06. The number of aryl methyl sites for hydroxylation is 1. The standard InChI is InChI=1S/C12H14ClN3/c1-9-2-3-10(13)8-12(9)16-7-5-11(15-16)4-6-14/h2-3,5,7-8H,4,6,14H2,1H3. The van der Waals surface area contributed by atoms with E-state index in [-0.39, 0.29) is 0 Å². The molecule has 0 radical (unpaired) electrons. The van der Waals surface area contributed by atoms with Crippen LogP contribution in [-0.4, -0.2) is 16.3 Å². The van der Waals surface area contributed by atoms with E-state index >= 15 is 0 Å². The second kappa shape index (κ2) is 4.68. The number of nitrogens with two attached hydrogens (primary N) is 1. The molecule has 1 aromatic carbocycles. The Morgan fingerprint density at radius 3 is 2.94 bits per heavy atom. The highest BCUT2D eigenvalue weighted by Gasteiger charge is 2.04. The molecular weight excluding hydrogens is 222 g/mol. The molecule has 0 saturated carbocycles. The van der Waals surface area contributed by atoms with Gasteiger partial charge in [-0.3, -0.25) is 0 Å². The lowest BCUT2D eigenvalue weighted by molar-refractivity contribution is 0.817. The molecule has 3 nitrogen and oxygen atoms in total. The van der Waals surface area contributed by atoms with Gasteiger partial charge in [-0.15, -0.1) is 0 Å². The van der Waals surface area contributed by atoms with Crippen molar-refractivity contribution in [3.8, 4) is 5.69 Å². The average Bonchev–Trinajstić information content (AvgIpc) is 2.71. The number of rotatable bonds is 3. The smallest absolute Gasteiger partial charge is 0.0689 e. The molecule has 2 aromatic rings. The maximum absolute atomic E-state index is 5.97. The van der Waals surface area contributed by atoms with Crippen molar-refractivity contribution in [2.24, 2.45) is 5.73 Å². The summed E-state index contributed by atoms with van der Waals surface area (Å²) in [6.07, 6.45) is 2.73. The van der Waals surface area contributed by atoms with Crippen molar-refractivity contribution in [1.29, 1.82) is 0 Å². The molecule has 0 aliphatic rings. The molecule has 4 heteroatoms. The molecule has 1 heterocycles. The number of hydrogen-bond acceptors (Lipinski definition) is 2. The molecule has 0 fully saturated rings. The molecule has 0 amide bonds. The maximum Gasteiger partial charge on any atom is 0.0689 e. The third-order valence-corrected chi connectivity index (χ3v) is 2.70. The van der Waals surface area contributed by atoms with Crippen LogP contribution in [0.1, 0.15) is 11.3 Å². The number of benzene rings is 1. The first kappa shape index (κ1) is 11.2. The fourth-order valence-corrected chi connectivity index (χ4v) is 1.77. The molecule has 2 N–H and O–H groups in total. The number of hydrogen-bond donors (Lipinski definition) is 1. The van der Waals surface area contributed by atoms with Crippen LogP contribution in [0.25, 0.3) is 5.69 Å². The second-order valence-corrected chi connectivity index (χ2v) is 4.16. The molecular formula is C12H14ClN3. The van der Waals surface area contributed by atoms with Crippen molar-refractivity contribution < 1.29 is 0 Å². The highest BCUT2D eigenvalue weighted by molar-refractivity contribution is 6.30. The van der Waals surface area contributed by atoms with E-state index in [9.17, 15) is 0 Å². The van der Waals surface area contributed by atoms with E-state index in [0.717, 1.165) is 28.4 Å². The van der Waals surface area contributed by atoms with Crippen molar-refractivity contribution >= 4 is 11.6 Å². The Balaban J connectivity index is 2.38. The molecule has 0 aliphatic heterocycles. The van der Waals surface area contributed by atoms with Gasteiger partial charge in [-0.2, -0.15) is 5.10 Å². The Morgan fingerprint density at radius 1 is 1.38 bits per heavy atom. The van der Waals surface area contributed by atoms with Crippen LogP contribution >= 0.6 is 11.6 Å². The zero-order valence-electron chi connectivity index (χ0n) is 9.15. The quantitative estimate of drug-likeness (QED) is 0.888. The van der Waals surface area contributed by atoms with Crippen LogP contribution in [0.2, 0.25) is 5.02 Å². The minimum atomic E-state index is 0.617. The fourth-order valence-electron chi connectivity index (χ4n) is 1.61. The van der Waals surface area contributed by atoms with Crippen LogP contribution in [0.15, 0.2) is 30.5 Å². The largest absolute Gasteiger partial charge is 0.330 e. The molecule has 0 spiro atoms. The van der Waals surface area contributed by atoms with E-state index in [1.54, 1.807) is 0 Å². The zero-order valence-corrected chi connectivity index (χ0v) is 9.91. The third-order valence-electron chi connectivity index (χ3n) is 2.46. The summed E-state index contributed by atoms with van der Waals surface area (Å²) in [6.45, 7) is 2.65. The summed E-state index contributed by atoms with van der Waals surface area (Å²) in [6, 6.07) is 7.76. The van der Waals surface area contributed by atoms with E-state index in [0.29, 0.717) is 6.54 Å². The Morgan fingerprint density at radius 2 is 2.19 bits per heavy atom. The van der Waals surface area contributed by atoms with Crippen LogP contribution < -0.4 is 5.73 Å². The summed E-state index contributed by atoms with van der Waals surface area (Å²) in [5.74, 6) is 0. The van der Waals surface area contributed by atoms with Crippen LogP contribution in [0.4, 0.5) is 0 Å². The van der Waals surface area contributed by atoms with Crippen LogP contribution in [0, 0.1) is 6.92 Å². The van der Waals surface area contributed by atoms with Crippen LogP contribution in [0.5, 0.6) is 0 Å². The number of aromatic nitrogens is 2. The van der Waals surface area contributed by atoms with Crippen molar-refractivity contribution in [3.63, 3.8) is 0 Å². The van der Waals surface area contributed by atoms with Gasteiger partial charge in [0.2, 0.25) is 0 Å². The van der Waals surface area contributed by atoms with Crippen molar-refractivity contribution in [2.45, 2.75) is 13.3 Å². The first-order chi connectivity index (χ1) is 7.70.